The van der Waals surface area contributed by atoms with Gasteiger partial charge in [-0.2, -0.15) is 0 Å². The Hall–Kier alpha value is -2.21. The number of aliphatic hydroxyl groups excluding tert-OH is 1. The number of piperidine rings is 1. The molecule has 1 unspecified atom stereocenters. The van der Waals surface area contributed by atoms with E-state index in [1.165, 1.54) is 6.20 Å². The van der Waals surface area contributed by atoms with Gasteiger partial charge in [-0.1, -0.05) is 18.2 Å². The number of aliphatic hydroxyl groups is 1. The number of para-hydroxylation sites is 1. The van der Waals surface area contributed by atoms with Gasteiger partial charge in [0.1, 0.15) is 11.9 Å². The molecular formula is C14H15N3O3. The number of pyridine rings is 1. The molecule has 2 heterocycles. The van der Waals surface area contributed by atoms with Crippen molar-refractivity contribution in [1.29, 1.82) is 0 Å². The van der Waals surface area contributed by atoms with E-state index in [9.17, 15) is 15.2 Å². The number of rotatable bonds is 2. The first-order valence-corrected chi connectivity index (χ1v) is 6.62. The van der Waals surface area contributed by atoms with Crippen molar-refractivity contribution in [2.45, 2.75) is 18.9 Å². The third-order valence-electron chi connectivity index (χ3n) is 3.64. The summed E-state index contributed by atoms with van der Waals surface area (Å²) >= 11 is 0. The topological polar surface area (TPSA) is 79.5 Å². The molecule has 1 atom stereocenters. The van der Waals surface area contributed by atoms with E-state index in [-0.39, 0.29) is 5.69 Å². The first-order chi connectivity index (χ1) is 9.66. The van der Waals surface area contributed by atoms with Crippen molar-refractivity contribution in [3.8, 4) is 0 Å². The summed E-state index contributed by atoms with van der Waals surface area (Å²) in [5.74, 6) is 0. The van der Waals surface area contributed by atoms with Gasteiger partial charge in [0, 0.05) is 18.5 Å². The molecule has 2 aromatic rings. The maximum absolute atomic E-state index is 11.3. The molecule has 1 fully saturated rings. The van der Waals surface area contributed by atoms with E-state index in [1.54, 1.807) is 0 Å². The molecule has 3 rings (SSSR count). The summed E-state index contributed by atoms with van der Waals surface area (Å²) in [4.78, 5) is 16.9. The molecule has 0 spiro atoms. The number of fused-ring (bicyclic) bond motifs is 1. The van der Waals surface area contributed by atoms with Gasteiger partial charge in [0.2, 0.25) is 0 Å². The molecule has 0 amide bonds. The van der Waals surface area contributed by atoms with E-state index in [1.807, 2.05) is 29.2 Å². The third-order valence-corrected chi connectivity index (χ3v) is 3.64. The number of nitro groups is 1. The summed E-state index contributed by atoms with van der Waals surface area (Å²) < 4.78 is 0. The van der Waals surface area contributed by atoms with Gasteiger partial charge in [0.05, 0.1) is 16.5 Å². The number of β-amino-alcohol motifs (C(OH)–C–C–N with tert-alkyl or cyclic N) is 1. The summed E-state index contributed by atoms with van der Waals surface area (Å²) in [5.41, 5.74) is 1.30. The minimum Gasteiger partial charge on any atom is -0.391 e. The van der Waals surface area contributed by atoms with Crippen LogP contribution in [0.5, 0.6) is 0 Å². The molecule has 6 nitrogen and oxygen atoms in total. The number of anilines is 1. The van der Waals surface area contributed by atoms with E-state index in [0.717, 1.165) is 23.7 Å². The van der Waals surface area contributed by atoms with E-state index >= 15 is 0 Å². The second kappa shape index (κ2) is 5.05. The zero-order valence-electron chi connectivity index (χ0n) is 10.9. The van der Waals surface area contributed by atoms with Crippen molar-refractivity contribution >= 4 is 22.3 Å². The Morgan fingerprint density at radius 1 is 1.40 bits per heavy atom. The molecule has 1 aromatic carbocycles. The summed E-state index contributed by atoms with van der Waals surface area (Å²) in [5, 5.41) is 21.8. The number of hydrogen-bond donors (Lipinski definition) is 1. The van der Waals surface area contributed by atoms with Crippen LogP contribution in [0.15, 0.2) is 30.5 Å². The fourth-order valence-corrected chi connectivity index (χ4v) is 2.74. The Labute approximate surface area is 115 Å². The van der Waals surface area contributed by atoms with Crippen molar-refractivity contribution in [3.05, 3.63) is 40.6 Å². The predicted octanol–water partition coefficient (Wildman–Crippen LogP) is 2.10. The smallest absolute Gasteiger partial charge is 0.311 e. The lowest BCUT2D eigenvalue weighted by Gasteiger charge is -2.32. The second-order valence-corrected chi connectivity index (χ2v) is 5.01. The minimum atomic E-state index is -0.435. The van der Waals surface area contributed by atoms with E-state index in [0.29, 0.717) is 18.8 Å². The molecule has 1 saturated heterocycles. The van der Waals surface area contributed by atoms with Crippen molar-refractivity contribution in [2.24, 2.45) is 0 Å². The van der Waals surface area contributed by atoms with Gasteiger partial charge in [-0.15, -0.1) is 0 Å². The number of hydrogen-bond acceptors (Lipinski definition) is 5. The highest BCUT2D eigenvalue weighted by atomic mass is 16.6. The highest BCUT2D eigenvalue weighted by Crippen LogP contribution is 2.36. The minimum absolute atomic E-state index is 0.00204. The average Bonchev–Trinajstić information content (AvgIpc) is 2.46. The monoisotopic (exact) mass is 273 g/mol. The van der Waals surface area contributed by atoms with Gasteiger partial charge >= 0.3 is 5.69 Å². The summed E-state index contributed by atoms with van der Waals surface area (Å²) in [6.45, 7) is 1.14. The highest BCUT2D eigenvalue weighted by Gasteiger charge is 2.27. The predicted molar refractivity (Wildman–Crippen MR) is 75.9 cm³/mol. The Bertz CT molecular complexity index is 659. The molecule has 20 heavy (non-hydrogen) atoms. The van der Waals surface area contributed by atoms with Gasteiger partial charge < -0.3 is 10.0 Å². The maximum atomic E-state index is 11.3. The van der Waals surface area contributed by atoms with Crippen molar-refractivity contribution in [1.82, 2.24) is 4.98 Å². The van der Waals surface area contributed by atoms with Crippen LogP contribution in [-0.4, -0.2) is 34.2 Å². The lowest BCUT2D eigenvalue weighted by Crippen LogP contribution is -2.38. The average molecular weight is 273 g/mol. The van der Waals surface area contributed by atoms with Crippen LogP contribution < -0.4 is 4.90 Å². The van der Waals surface area contributed by atoms with Gasteiger partial charge in [-0.05, 0) is 18.9 Å². The van der Waals surface area contributed by atoms with E-state index in [2.05, 4.69) is 4.98 Å². The van der Waals surface area contributed by atoms with Crippen LogP contribution >= 0.6 is 0 Å². The number of benzene rings is 1. The normalized spacial score (nSPS) is 19.2. The van der Waals surface area contributed by atoms with Crippen LogP contribution in [0, 0.1) is 10.1 Å². The number of aromatic nitrogens is 1. The molecular weight excluding hydrogens is 258 g/mol. The highest BCUT2D eigenvalue weighted by molar-refractivity contribution is 5.96. The fourth-order valence-electron chi connectivity index (χ4n) is 2.74. The Morgan fingerprint density at radius 3 is 2.95 bits per heavy atom. The van der Waals surface area contributed by atoms with Crippen LogP contribution in [0.1, 0.15) is 12.8 Å². The molecule has 1 aliphatic heterocycles. The zero-order chi connectivity index (χ0) is 14.1. The molecule has 0 radical (unpaired) electrons. The van der Waals surface area contributed by atoms with Gasteiger partial charge in [-0.25, -0.2) is 4.98 Å². The summed E-state index contributed by atoms with van der Waals surface area (Å²) in [6, 6.07) is 7.38. The quantitative estimate of drug-likeness (QED) is 0.669. The Morgan fingerprint density at radius 2 is 2.20 bits per heavy atom. The maximum Gasteiger partial charge on any atom is 0.311 e. The molecule has 1 aliphatic rings. The standard InChI is InChI=1S/C14H15N3O3/c18-10-4-3-7-16(9-10)14-11-5-1-2-6-12(11)15-8-13(14)17(19)20/h1-2,5-6,8,10,18H,3-4,7,9H2. The number of nitrogens with zero attached hydrogens (tertiary/aromatic N) is 3. The Kier molecular flexibility index (Phi) is 3.23. The van der Waals surface area contributed by atoms with Gasteiger partial charge in [0.25, 0.3) is 0 Å². The van der Waals surface area contributed by atoms with Gasteiger partial charge in [-0.3, -0.25) is 10.1 Å². The van der Waals surface area contributed by atoms with Crippen LogP contribution in [0.4, 0.5) is 11.4 Å². The fraction of sp³-hybridized carbons (Fsp3) is 0.357. The summed E-state index contributed by atoms with van der Waals surface area (Å²) in [7, 11) is 0. The largest absolute Gasteiger partial charge is 0.391 e. The lowest BCUT2D eigenvalue weighted by molar-refractivity contribution is -0.384. The molecule has 0 aliphatic carbocycles. The molecule has 0 saturated carbocycles. The van der Waals surface area contributed by atoms with Crippen LogP contribution in [0.2, 0.25) is 0 Å². The second-order valence-electron chi connectivity index (χ2n) is 5.01. The Balaban J connectivity index is 2.19. The van der Waals surface area contributed by atoms with Crippen LogP contribution in [0.25, 0.3) is 10.9 Å². The molecule has 104 valence electrons. The SMILES string of the molecule is O=[N+]([O-])c1cnc2ccccc2c1N1CCCC(O)C1. The van der Waals surface area contributed by atoms with Crippen LogP contribution in [-0.2, 0) is 0 Å². The molecule has 1 aromatic heterocycles. The van der Waals surface area contributed by atoms with Crippen LogP contribution in [0.3, 0.4) is 0 Å². The molecule has 6 heteroatoms. The molecule has 0 bridgehead atoms. The van der Waals surface area contributed by atoms with E-state index in [4.69, 9.17) is 0 Å². The zero-order valence-corrected chi connectivity index (χ0v) is 10.9. The van der Waals surface area contributed by atoms with E-state index < -0.39 is 11.0 Å². The van der Waals surface area contributed by atoms with Crippen molar-refractivity contribution in [2.75, 3.05) is 18.0 Å². The van der Waals surface area contributed by atoms with Crippen molar-refractivity contribution < 1.29 is 10.0 Å². The van der Waals surface area contributed by atoms with Gasteiger partial charge in [0.15, 0.2) is 0 Å². The summed E-state index contributed by atoms with van der Waals surface area (Å²) in [6.07, 6.45) is 2.44. The third kappa shape index (κ3) is 2.18. The lowest BCUT2D eigenvalue weighted by atomic mass is 10.1. The molecule has 1 N–H and O–H groups in total. The van der Waals surface area contributed by atoms with Crippen molar-refractivity contribution in [3.63, 3.8) is 0 Å². The first-order valence-electron chi connectivity index (χ1n) is 6.62. The first kappa shape index (κ1) is 12.8.